The summed E-state index contributed by atoms with van der Waals surface area (Å²) in [5, 5.41) is 14.4. The van der Waals surface area contributed by atoms with Crippen molar-refractivity contribution in [2.75, 3.05) is 10.6 Å². The molecule has 0 bridgehead atoms. The van der Waals surface area contributed by atoms with Crippen LogP contribution in [0.25, 0.3) is 0 Å². The van der Waals surface area contributed by atoms with Gasteiger partial charge in [0.1, 0.15) is 23.8 Å². The lowest BCUT2D eigenvalue weighted by Gasteiger charge is -2.10. The standard InChI is InChI=1S/C24H25ClN6O4/c1-5-31-21(24(33)28-18-11-26-30(4)15(18)3)19(12-27-31)29-23(32)20-10-9-16(35-20)13-34-22-14(2)7-6-8-17(22)25/h6-12H,5,13H2,1-4H3,(H,28,33)(H,29,32). The van der Waals surface area contributed by atoms with E-state index in [-0.39, 0.29) is 23.7 Å². The molecule has 0 unspecified atom stereocenters. The smallest absolute Gasteiger partial charge is 0.291 e. The average molecular weight is 497 g/mol. The van der Waals surface area contributed by atoms with Crippen molar-refractivity contribution in [2.24, 2.45) is 7.05 Å². The molecule has 0 saturated heterocycles. The van der Waals surface area contributed by atoms with Gasteiger partial charge in [0.15, 0.2) is 5.76 Å². The number of para-hydroxylation sites is 1. The van der Waals surface area contributed by atoms with Gasteiger partial charge in [-0.1, -0.05) is 23.7 Å². The molecule has 4 aromatic rings. The van der Waals surface area contributed by atoms with E-state index in [9.17, 15) is 9.59 Å². The molecule has 2 N–H and O–H groups in total. The number of hydrogen-bond acceptors (Lipinski definition) is 6. The largest absolute Gasteiger partial charge is 0.484 e. The van der Waals surface area contributed by atoms with Crippen LogP contribution in [0.15, 0.2) is 47.1 Å². The maximum Gasteiger partial charge on any atom is 0.291 e. The molecule has 3 heterocycles. The number of nitrogens with one attached hydrogen (secondary N) is 2. The Kier molecular flexibility index (Phi) is 6.92. The molecule has 0 aliphatic carbocycles. The van der Waals surface area contributed by atoms with E-state index in [1.54, 1.807) is 30.1 Å². The second-order valence-corrected chi connectivity index (χ2v) is 8.25. The highest BCUT2D eigenvalue weighted by Gasteiger charge is 2.22. The lowest BCUT2D eigenvalue weighted by Crippen LogP contribution is -2.21. The van der Waals surface area contributed by atoms with E-state index in [1.165, 1.54) is 16.9 Å². The summed E-state index contributed by atoms with van der Waals surface area (Å²) in [4.78, 5) is 25.9. The molecule has 0 saturated carbocycles. The van der Waals surface area contributed by atoms with Crippen LogP contribution in [0.5, 0.6) is 5.75 Å². The fraction of sp³-hybridized carbons (Fsp3) is 0.250. The van der Waals surface area contributed by atoms with Crippen LogP contribution in [0.4, 0.5) is 11.4 Å². The minimum Gasteiger partial charge on any atom is -0.484 e. The van der Waals surface area contributed by atoms with Crippen LogP contribution < -0.4 is 15.4 Å². The predicted octanol–water partition coefficient (Wildman–Crippen LogP) is 4.58. The molecule has 3 aromatic heterocycles. The number of anilines is 2. The van der Waals surface area contributed by atoms with Crippen molar-refractivity contribution in [2.45, 2.75) is 33.9 Å². The van der Waals surface area contributed by atoms with Crippen LogP contribution in [-0.2, 0) is 20.2 Å². The number of carbonyl (C=O) groups is 2. The van der Waals surface area contributed by atoms with Crippen LogP contribution in [-0.4, -0.2) is 31.4 Å². The van der Waals surface area contributed by atoms with E-state index in [0.29, 0.717) is 28.8 Å². The first-order chi connectivity index (χ1) is 16.8. The zero-order valence-corrected chi connectivity index (χ0v) is 20.5. The molecule has 0 fully saturated rings. The molecular formula is C24H25ClN6O4. The average Bonchev–Trinajstić information content (AvgIpc) is 3.54. The van der Waals surface area contributed by atoms with Crippen LogP contribution in [0.3, 0.4) is 0 Å². The molecule has 4 rings (SSSR count). The molecule has 0 aliphatic rings. The van der Waals surface area contributed by atoms with Gasteiger partial charge >= 0.3 is 0 Å². The molecule has 35 heavy (non-hydrogen) atoms. The zero-order chi connectivity index (χ0) is 25.1. The van der Waals surface area contributed by atoms with Gasteiger partial charge in [-0.25, -0.2) is 0 Å². The molecule has 11 heteroatoms. The lowest BCUT2D eigenvalue weighted by atomic mass is 10.2. The van der Waals surface area contributed by atoms with Crippen LogP contribution in [0.2, 0.25) is 5.02 Å². The summed E-state index contributed by atoms with van der Waals surface area (Å²) in [5.41, 5.74) is 2.74. The fourth-order valence-corrected chi connectivity index (χ4v) is 3.74. The Morgan fingerprint density at radius 3 is 2.49 bits per heavy atom. The Balaban J connectivity index is 1.47. The maximum atomic E-state index is 13.0. The summed E-state index contributed by atoms with van der Waals surface area (Å²) < 4.78 is 14.6. The van der Waals surface area contributed by atoms with E-state index >= 15 is 0 Å². The topological polar surface area (TPSA) is 116 Å². The van der Waals surface area contributed by atoms with E-state index in [4.69, 9.17) is 20.8 Å². The second kappa shape index (κ2) is 10.1. The van der Waals surface area contributed by atoms with E-state index < -0.39 is 11.8 Å². The van der Waals surface area contributed by atoms with Crippen LogP contribution in [0.1, 0.15) is 45.0 Å². The lowest BCUT2D eigenvalue weighted by molar-refractivity contribution is 0.0992. The zero-order valence-electron chi connectivity index (χ0n) is 19.8. The van der Waals surface area contributed by atoms with Crippen molar-refractivity contribution >= 4 is 34.8 Å². The number of ether oxygens (including phenoxy) is 1. The Hall–Kier alpha value is -4.05. The first-order valence-electron chi connectivity index (χ1n) is 10.9. The van der Waals surface area contributed by atoms with Gasteiger partial charge in [0.05, 0.1) is 34.5 Å². The first kappa shape index (κ1) is 24.1. The molecule has 0 spiro atoms. The number of aryl methyl sites for hydroxylation is 3. The van der Waals surface area contributed by atoms with Gasteiger partial charge in [-0.05, 0) is 44.5 Å². The SMILES string of the molecule is CCn1ncc(NC(=O)c2ccc(COc3c(C)cccc3Cl)o2)c1C(=O)Nc1cnn(C)c1C. The van der Waals surface area contributed by atoms with Gasteiger partial charge in [0.2, 0.25) is 0 Å². The third-order valence-electron chi connectivity index (χ3n) is 5.49. The van der Waals surface area contributed by atoms with E-state index in [0.717, 1.165) is 11.3 Å². The number of carbonyl (C=O) groups excluding carboxylic acids is 2. The van der Waals surface area contributed by atoms with Crippen LogP contribution in [0, 0.1) is 13.8 Å². The third kappa shape index (κ3) is 5.07. The summed E-state index contributed by atoms with van der Waals surface area (Å²) >= 11 is 6.19. The molecule has 1 aromatic carbocycles. The second-order valence-electron chi connectivity index (χ2n) is 7.84. The molecule has 182 valence electrons. The number of hydrogen-bond donors (Lipinski definition) is 2. The van der Waals surface area contributed by atoms with Crippen molar-refractivity contribution in [3.05, 3.63) is 76.2 Å². The number of aromatic nitrogens is 4. The quantitative estimate of drug-likeness (QED) is 0.368. The van der Waals surface area contributed by atoms with Gasteiger partial charge in [0, 0.05) is 13.6 Å². The number of nitrogens with zero attached hydrogens (tertiary/aromatic N) is 4. The van der Waals surface area contributed by atoms with Crippen molar-refractivity contribution < 1.29 is 18.7 Å². The van der Waals surface area contributed by atoms with E-state index in [2.05, 4.69) is 20.8 Å². The normalized spacial score (nSPS) is 10.9. The minimum absolute atomic E-state index is 0.0678. The summed E-state index contributed by atoms with van der Waals surface area (Å²) in [6, 6.07) is 8.66. The summed E-state index contributed by atoms with van der Waals surface area (Å²) in [6.07, 6.45) is 2.99. The molecule has 2 amide bonds. The Morgan fingerprint density at radius 1 is 1.06 bits per heavy atom. The highest BCUT2D eigenvalue weighted by atomic mass is 35.5. The fourth-order valence-electron chi connectivity index (χ4n) is 3.46. The summed E-state index contributed by atoms with van der Waals surface area (Å²) in [7, 11) is 1.78. The highest BCUT2D eigenvalue weighted by molar-refractivity contribution is 6.32. The van der Waals surface area contributed by atoms with Gasteiger partial charge in [-0.15, -0.1) is 0 Å². The monoisotopic (exact) mass is 496 g/mol. The Morgan fingerprint density at radius 2 is 1.80 bits per heavy atom. The van der Waals surface area contributed by atoms with Crippen molar-refractivity contribution in [3.63, 3.8) is 0 Å². The molecule has 0 aliphatic heterocycles. The molecule has 0 radical (unpaired) electrons. The van der Waals surface area contributed by atoms with Gasteiger partial charge in [0.25, 0.3) is 11.8 Å². The van der Waals surface area contributed by atoms with Gasteiger partial charge < -0.3 is 19.8 Å². The number of rotatable bonds is 8. The van der Waals surface area contributed by atoms with Crippen molar-refractivity contribution in [3.8, 4) is 5.75 Å². The number of amides is 2. The third-order valence-corrected chi connectivity index (χ3v) is 5.79. The van der Waals surface area contributed by atoms with Crippen molar-refractivity contribution in [1.29, 1.82) is 0 Å². The molecule has 0 atom stereocenters. The number of benzene rings is 1. The van der Waals surface area contributed by atoms with Crippen molar-refractivity contribution in [1.82, 2.24) is 19.6 Å². The number of halogens is 1. The molecular weight excluding hydrogens is 472 g/mol. The highest BCUT2D eigenvalue weighted by Crippen LogP contribution is 2.29. The minimum atomic E-state index is -0.521. The van der Waals surface area contributed by atoms with Gasteiger partial charge in [-0.2, -0.15) is 10.2 Å². The predicted molar refractivity (Wildman–Crippen MR) is 131 cm³/mol. The summed E-state index contributed by atoms with van der Waals surface area (Å²) in [6.45, 7) is 6.12. The Bertz CT molecular complexity index is 1370. The first-order valence-corrected chi connectivity index (χ1v) is 11.3. The van der Waals surface area contributed by atoms with Gasteiger partial charge in [-0.3, -0.25) is 19.0 Å². The number of furan rings is 1. The molecule has 10 nitrogen and oxygen atoms in total. The van der Waals surface area contributed by atoms with E-state index in [1.807, 2.05) is 32.9 Å². The maximum absolute atomic E-state index is 13.0. The van der Waals surface area contributed by atoms with Crippen LogP contribution >= 0.6 is 11.6 Å². The summed E-state index contributed by atoms with van der Waals surface area (Å²) in [5.74, 6) is 0.136. The Labute approximate surface area is 206 Å².